The van der Waals surface area contributed by atoms with Crippen molar-refractivity contribution in [2.75, 3.05) is 13.7 Å². The van der Waals surface area contributed by atoms with Gasteiger partial charge in [-0.25, -0.2) is 0 Å². The summed E-state index contributed by atoms with van der Waals surface area (Å²) in [6.07, 6.45) is 0.659. The predicted octanol–water partition coefficient (Wildman–Crippen LogP) is 2.71. The van der Waals surface area contributed by atoms with Crippen LogP contribution in [0.2, 0.25) is 5.02 Å². The normalized spacial score (nSPS) is 13.3. The first-order valence-electron chi connectivity index (χ1n) is 7.44. The van der Waals surface area contributed by atoms with Crippen molar-refractivity contribution in [3.8, 4) is 0 Å². The van der Waals surface area contributed by atoms with Gasteiger partial charge in [-0.05, 0) is 29.7 Å². The van der Waals surface area contributed by atoms with Crippen molar-refractivity contribution < 1.29 is 9.53 Å². The van der Waals surface area contributed by atoms with Gasteiger partial charge < -0.3 is 15.8 Å². The molecule has 0 aliphatic heterocycles. The molecule has 0 radical (unpaired) electrons. The number of carbonyl (C=O) groups is 1. The maximum atomic E-state index is 12.2. The zero-order valence-corrected chi connectivity index (χ0v) is 13.8. The predicted molar refractivity (Wildman–Crippen MR) is 92.3 cm³/mol. The van der Waals surface area contributed by atoms with E-state index in [0.717, 1.165) is 11.1 Å². The van der Waals surface area contributed by atoms with E-state index in [9.17, 15) is 4.79 Å². The number of nitrogens with one attached hydrogen (secondary N) is 1. The van der Waals surface area contributed by atoms with Crippen LogP contribution in [0.1, 0.15) is 17.2 Å². The number of methoxy groups -OCH3 is 1. The Morgan fingerprint density at radius 1 is 1.17 bits per heavy atom. The molecule has 5 heteroatoms. The topological polar surface area (TPSA) is 64.3 Å². The Balaban J connectivity index is 2.15. The molecule has 2 aromatic carbocycles. The Hall–Kier alpha value is -1.88. The number of rotatable bonds is 7. The van der Waals surface area contributed by atoms with E-state index in [1.54, 1.807) is 0 Å². The third kappa shape index (κ3) is 5.36. The highest BCUT2D eigenvalue weighted by Gasteiger charge is 2.19. The number of hydrogen-bond acceptors (Lipinski definition) is 3. The Morgan fingerprint density at radius 3 is 2.43 bits per heavy atom. The van der Waals surface area contributed by atoms with Gasteiger partial charge in [0.15, 0.2) is 0 Å². The van der Waals surface area contributed by atoms with Gasteiger partial charge in [-0.15, -0.1) is 0 Å². The second-order valence-electron chi connectivity index (χ2n) is 5.36. The maximum absolute atomic E-state index is 12.2. The summed E-state index contributed by atoms with van der Waals surface area (Å²) in [5, 5.41) is 3.69. The molecule has 1 amide bonds. The SMILES string of the molecule is COCC(N)C(=O)NC(Cc1ccc(Cl)cc1)c1ccccc1. The largest absolute Gasteiger partial charge is 0.383 e. The molecule has 0 aromatic heterocycles. The van der Waals surface area contributed by atoms with E-state index >= 15 is 0 Å². The van der Waals surface area contributed by atoms with Crippen LogP contribution in [0.25, 0.3) is 0 Å². The van der Waals surface area contributed by atoms with Gasteiger partial charge in [0.2, 0.25) is 5.91 Å². The lowest BCUT2D eigenvalue weighted by Crippen LogP contribution is -2.45. The van der Waals surface area contributed by atoms with Crippen LogP contribution in [0.5, 0.6) is 0 Å². The molecule has 0 saturated heterocycles. The minimum atomic E-state index is -0.684. The van der Waals surface area contributed by atoms with Crippen molar-refractivity contribution in [1.82, 2.24) is 5.32 Å². The van der Waals surface area contributed by atoms with Gasteiger partial charge >= 0.3 is 0 Å². The van der Waals surface area contributed by atoms with E-state index in [1.165, 1.54) is 7.11 Å². The van der Waals surface area contributed by atoms with Crippen LogP contribution < -0.4 is 11.1 Å². The Bertz CT molecular complexity index is 617. The molecular formula is C18H21ClN2O2. The summed E-state index contributed by atoms with van der Waals surface area (Å²) < 4.78 is 4.94. The summed E-state index contributed by atoms with van der Waals surface area (Å²) in [7, 11) is 1.52. The van der Waals surface area contributed by atoms with Crippen LogP contribution in [-0.2, 0) is 16.0 Å². The highest BCUT2D eigenvalue weighted by Crippen LogP contribution is 2.20. The summed E-state index contributed by atoms with van der Waals surface area (Å²) >= 11 is 5.93. The highest BCUT2D eigenvalue weighted by atomic mass is 35.5. The number of halogens is 1. The third-order valence-corrected chi connectivity index (χ3v) is 3.81. The van der Waals surface area contributed by atoms with Gasteiger partial charge in [0, 0.05) is 12.1 Å². The smallest absolute Gasteiger partial charge is 0.239 e. The van der Waals surface area contributed by atoms with Crippen molar-refractivity contribution in [2.24, 2.45) is 5.73 Å². The molecule has 0 fully saturated rings. The molecule has 2 unspecified atom stereocenters. The first kappa shape index (κ1) is 17.5. The zero-order chi connectivity index (χ0) is 16.7. The van der Waals surface area contributed by atoms with E-state index in [4.69, 9.17) is 22.1 Å². The number of nitrogens with two attached hydrogens (primary N) is 1. The lowest BCUT2D eigenvalue weighted by Gasteiger charge is -2.21. The van der Waals surface area contributed by atoms with Gasteiger partial charge in [-0.3, -0.25) is 4.79 Å². The molecule has 0 heterocycles. The molecule has 2 atom stereocenters. The maximum Gasteiger partial charge on any atom is 0.239 e. The standard InChI is InChI=1S/C18H21ClN2O2/c1-23-12-16(20)18(22)21-17(14-5-3-2-4-6-14)11-13-7-9-15(19)10-8-13/h2-10,16-17H,11-12,20H2,1H3,(H,21,22). The molecular weight excluding hydrogens is 312 g/mol. The summed E-state index contributed by atoms with van der Waals surface area (Å²) in [6.45, 7) is 0.189. The first-order valence-corrected chi connectivity index (χ1v) is 7.82. The molecule has 0 aliphatic carbocycles. The van der Waals surface area contributed by atoms with Crippen molar-refractivity contribution in [2.45, 2.75) is 18.5 Å². The monoisotopic (exact) mass is 332 g/mol. The minimum Gasteiger partial charge on any atom is -0.383 e. The Morgan fingerprint density at radius 2 is 1.83 bits per heavy atom. The number of carbonyl (C=O) groups excluding carboxylic acids is 1. The van der Waals surface area contributed by atoms with Crippen molar-refractivity contribution >= 4 is 17.5 Å². The zero-order valence-electron chi connectivity index (χ0n) is 13.0. The fourth-order valence-electron chi connectivity index (χ4n) is 2.33. The quantitative estimate of drug-likeness (QED) is 0.819. The fourth-order valence-corrected chi connectivity index (χ4v) is 2.45. The van der Waals surface area contributed by atoms with E-state index in [2.05, 4.69) is 5.32 Å². The molecule has 122 valence electrons. The van der Waals surface area contributed by atoms with E-state index in [0.29, 0.717) is 11.4 Å². The van der Waals surface area contributed by atoms with Crippen molar-refractivity contribution in [1.29, 1.82) is 0 Å². The molecule has 0 spiro atoms. The van der Waals surface area contributed by atoms with Gasteiger partial charge in [0.25, 0.3) is 0 Å². The fraction of sp³-hybridized carbons (Fsp3) is 0.278. The second-order valence-corrected chi connectivity index (χ2v) is 5.80. The van der Waals surface area contributed by atoms with E-state index < -0.39 is 6.04 Å². The molecule has 2 aromatic rings. The number of ether oxygens (including phenoxy) is 1. The van der Waals surface area contributed by atoms with Crippen LogP contribution in [0.3, 0.4) is 0 Å². The average Bonchev–Trinajstić information content (AvgIpc) is 2.57. The lowest BCUT2D eigenvalue weighted by atomic mass is 9.98. The van der Waals surface area contributed by atoms with Crippen LogP contribution in [0, 0.1) is 0 Å². The van der Waals surface area contributed by atoms with Gasteiger partial charge in [-0.2, -0.15) is 0 Å². The summed E-state index contributed by atoms with van der Waals surface area (Å²) in [5.74, 6) is -0.227. The summed E-state index contributed by atoms with van der Waals surface area (Å²) in [5.41, 5.74) is 7.93. The van der Waals surface area contributed by atoms with Gasteiger partial charge in [0.05, 0.1) is 12.6 Å². The van der Waals surface area contributed by atoms with Gasteiger partial charge in [-0.1, -0.05) is 54.1 Å². The Labute approximate surface area is 141 Å². The lowest BCUT2D eigenvalue weighted by molar-refractivity contribution is -0.124. The van der Waals surface area contributed by atoms with Crippen LogP contribution in [0.15, 0.2) is 54.6 Å². The molecule has 0 bridgehead atoms. The number of benzene rings is 2. The van der Waals surface area contributed by atoms with Crippen molar-refractivity contribution in [3.63, 3.8) is 0 Å². The van der Waals surface area contributed by atoms with E-state index in [-0.39, 0.29) is 18.6 Å². The highest BCUT2D eigenvalue weighted by molar-refractivity contribution is 6.30. The van der Waals surface area contributed by atoms with Crippen LogP contribution >= 0.6 is 11.6 Å². The Kier molecular flexibility index (Phi) is 6.59. The molecule has 0 aliphatic rings. The number of amides is 1. The molecule has 3 N–H and O–H groups in total. The third-order valence-electron chi connectivity index (χ3n) is 3.55. The summed E-state index contributed by atoms with van der Waals surface area (Å²) in [6, 6.07) is 16.6. The molecule has 0 saturated carbocycles. The minimum absolute atomic E-state index is 0.159. The van der Waals surface area contributed by atoms with Crippen LogP contribution in [0.4, 0.5) is 0 Å². The molecule has 4 nitrogen and oxygen atoms in total. The van der Waals surface area contributed by atoms with Gasteiger partial charge in [0.1, 0.15) is 6.04 Å². The molecule has 2 rings (SSSR count). The first-order chi connectivity index (χ1) is 11.1. The second kappa shape index (κ2) is 8.67. The average molecular weight is 333 g/mol. The number of hydrogen-bond donors (Lipinski definition) is 2. The summed E-state index contributed by atoms with van der Waals surface area (Å²) in [4.78, 5) is 12.2. The van der Waals surface area contributed by atoms with Crippen LogP contribution in [-0.4, -0.2) is 25.7 Å². The van der Waals surface area contributed by atoms with E-state index in [1.807, 2.05) is 54.6 Å². The van der Waals surface area contributed by atoms with Crippen molar-refractivity contribution in [3.05, 3.63) is 70.7 Å². The molecule has 23 heavy (non-hydrogen) atoms.